The molecule has 2 amide bonds. The number of morpholine rings is 1. The maximum absolute atomic E-state index is 12.0. The molecule has 6 nitrogen and oxygen atoms in total. The Hall–Kier alpha value is -1.60. The molecule has 2 rings (SSSR count). The molecular weight excluding hydrogens is 280 g/mol. The molecule has 1 saturated heterocycles. The predicted molar refractivity (Wildman–Crippen MR) is 75.0 cm³/mol. The number of carboxylic acid groups (broad SMARTS) is 1. The number of aliphatic carboxylic acids is 1. The number of ether oxygens (including phenoxy) is 1. The van der Waals surface area contributed by atoms with Crippen molar-refractivity contribution in [1.82, 2.24) is 10.2 Å². The van der Waals surface area contributed by atoms with Crippen molar-refractivity contribution in [2.45, 2.75) is 18.9 Å². The summed E-state index contributed by atoms with van der Waals surface area (Å²) in [5, 5.41) is 13.6. The second-order valence-electron chi connectivity index (χ2n) is 4.60. The Kier molecular flexibility index (Phi) is 5.37. The number of nitrogens with one attached hydrogen (secondary N) is 1. The molecule has 0 saturated carbocycles. The van der Waals surface area contributed by atoms with E-state index in [-0.39, 0.29) is 12.5 Å². The Balaban J connectivity index is 1.72. The molecule has 1 aliphatic heterocycles. The summed E-state index contributed by atoms with van der Waals surface area (Å²) in [5.74, 6) is -0.907. The van der Waals surface area contributed by atoms with Gasteiger partial charge in [-0.15, -0.1) is 11.3 Å². The molecule has 1 aromatic rings. The molecule has 7 heteroatoms. The number of carbonyl (C=O) groups is 2. The summed E-state index contributed by atoms with van der Waals surface area (Å²) >= 11 is 1.67. The van der Waals surface area contributed by atoms with Crippen LogP contribution in [0.3, 0.4) is 0 Å². The van der Waals surface area contributed by atoms with Crippen LogP contribution in [-0.2, 0) is 16.0 Å². The molecule has 0 spiro atoms. The predicted octanol–water partition coefficient (Wildman–Crippen LogP) is 1.18. The number of hydrogen-bond donors (Lipinski definition) is 2. The van der Waals surface area contributed by atoms with Gasteiger partial charge in [0.1, 0.15) is 0 Å². The molecule has 20 heavy (non-hydrogen) atoms. The van der Waals surface area contributed by atoms with E-state index >= 15 is 0 Å². The fraction of sp³-hybridized carbons (Fsp3) is 0.538. The number of carbonyl (C=O) groups excluding carboxylic acids is 1. The minimum Gasteiger partial charge on any atom is -0.481 e. The van der Waals surface area contributed by atoms with Crippen molar-refractivity contribution in [3.05, 3.63) is 22.4 Å². The number of amides is 2. The SMILES string of the molecule is O=C(O)CC1CN(C(=O)NCCc2cccs2)CCO1. The highest BCUT2D eigenvalue weighted by Crippen LogP contribution is 2.10. The van der Waals surface area contributed by atoms with Crippen LogP contribution in [0.4, 0.5) is 4.79 Å². The fourth-order valence-electron chi connectivity index (χ4n) is 2.08. The van der Waals surface area contributed by atoms with Gasteiger partial charge in [0.25, 0.3) is 0 Å². The summed E-state index contributed by atoms with van der Waals surface area (Å²) in [7, 11) is 0. The van der Waals surface area contributed by atoms with Crippen molar-refractivity contribution in [2.24, 2.45) is 0 Å². The Morgan fingerprint density at radius 1 is 1.55 bits per heavy atom. The Labute approximate surface area is 121 Å². The van der Waals surface area contributed by atoms with E-state index in [2.05, 4.69) is 5.32 Å². The topological polar surface area (TPSA) is 78.9 Å². The van der Waals surface area contributed by atoms with Crippen molar-refractivity contribution >= 4 is 23.3 Å². The molecule has 1 atom stereocenters. The third-order valence-electron chi connectivity index (χ3n) is 3.06. The number of hydrogen-bond acceptors (Lipinski definition) is 4. The molecule has 0 aliphatic carbocycles. The maximum atomic E-state index is 12.0. The normalized spacial score (nSPS) is 18.8. The van der Waals surface area contributed by atoms with Crippen molar-refractivity contribution in [1.29, 1.82) is 0 Å². The van der Waals surface area contributed by atoms with Crippen LogP contribution in [-0.4, -0.2) is 54.4 Å². The molecule has 0 radical (unpaired) electrons. The fourth-order valence-corrected chi connectivity index (χ4v) is 2.79. The quantitative estimate of drug-likeness (QED) is 0.855. The lowest BCUT2D eigenvalue weighted by Crippen LogP contribution is -2.50. The second-order valence-corrected chi connectivity index (χ2v) is 5.63. The van der Waals surface area contributed by atoms with Crippen LogP contribution in [0.2, 0.25) is 0 Å². The Bertz CT molecular complexity index is 449. The minimum absolute atomic E-state index is 0.0705. The lowest BCUT2D eigenvalue weighted by Gasteiger charge is -2.32. The summed E-state index contributed by atoms with van der Waals surface area (Å²) in [4.78, 5) is 25.5. The third-order valence-corrected chi connectivity index (χ3v) is 3.99. The number of urea groups is 1. The summed E-state index contributed by atoms with van der Waals surface area (Å²) in [6, 6.07) is 3.87. The highest BCUT2D eigenvalue weighted by molar-refractivity contribution is 7.09. The van der Waals surface area contributed by atoms with E-state index in [1.54, 1.807) is 16.2 Å². The minimum atomic E-state index is -0.907. The summed E-state index contributed by atoms with van der Waals surface area (Å²) in [6.07, 6.45) is 0.329. The monoisotopic (exact) mass is 298 g/mol. The highest BCUT2D eigenvalue weighted by Gasteiger charge is 2.25. The summed E-state index contributed by atoms with van der Waals surface area (Å²) in [5.41, 5.74) is 0. The number of carboxylic acids is 1. The smallest absolute Gasteiger partial charge is 0.317 e. The zero-order valence-electron chi connectivity index (χ0n) is 11.1. The van der Waals surface area contributed by atoms with Gasteiger partial charge in [-0.05, 0) is 17.9 Å². The highest BCUT2D eigenvalue weighted by atomic mass is 32.1. The van der Waals surface area contributed by atoms with Crippen LogP contribution in [0.25, 0.3) is 0 Å². The first-order chi connectivity index (χ1) is 9.65. The van der Waals surface area contributed by atoms with Crippen LogP contribution >= 0.6 is 11.3 Å². The third kappa shape index (κ3) is 4.50. The lowest BCUT2D eigenvalue weighted by atomic mass is 10.2. The molecule has 1 fully saturated rings. The molecule has 1 unspecified atom stereocenters. The van der Waals surface area contributed by atoms with Gasteiger partial charge in [-0.1, -0.05) is 6.07 Å². The lowest BCUT2D eigenvalue weighted by molar-refractivity contribution is -0.141. The molecule has 1 aliphatic rings. The zero-order valence-corrected chi connectivity index (χ0v) is 11.9. The first-order valence-electron chi connectivity index (χ1n) is 6.53. The van der Waals surface area contributed by atoms with E-state index in [1.807, 2.05) is 17.5 Å². The molecule has 0 aromatic carbocycles. The standard InChI is InChI=1S/C13H18N2O4S/c16-12(17)8-10-9-15(5-6-19-10)13(18)14-4-3-11-2-1-7-20-11/h1-2,7,10H,3-6,8-9H2,(H,14,18)(H,16,17). The van der Waals surface area contributed by atoms with E-state index in [1.165, 1.54) is 4.88 Å². The maximum Gasteiger partial charge on any atom is 0.317 e. The Morgan fingerprint density at radius 2 is 2.40 bits per heavy atom. The molecule has 0 bridgehead atoms. The van der Waals surface area contributed by atoms with Crippen molar-refractivity contribution in [3.63, 3.8) is 0 Å². The number of rotatable bonds is 5. The first-order valence-corrected chi connectivity index (χ1v) is 7.41. The van der Waals surface area contributed by atoms with Gasteiger partial charge < -0.3 is 20.1 Å². The molecular formula is C13H18N2O4S. The summed E-state index contributed by atoms with van der Waals surface area (Å²) in [6.45, 7) is 1.80. The second kappa shape index (κ2) is 7.25. The van der Waals surface area contributed by atoms with E-state index in [4.69, 9.17) is 9.84 Å². The molecule has 2 N–H and O–H groups in total. The van der Waals surface area contributed by atoms with Gasteiger partial charge in [0.05, 0.1) is 19.1 Å². The van der Waals surface area contributed by atoms with Crippen molar-refractivity contribution in [2.75, 3.05) is 26.2 Å². The Morgan fingerprint density at radius 3 is 3.10 bits per heavy atom. The van der Waals surface area contributed by atoms with Gasteiger partial charge in [0, 0.05) is 24.5 Å². The van der Waals surface area contributed by atoms with Gasteiger partial charge in [-0.25, -0.2) is 4.79 Å². The van der Waals surface area contributed by atoms with E-state index in [9.17, 15) is 9.59 Å². The van der Waals surface area contributed by atoms with Gasteiger partial charge in [-0.3, -0.25) is 4.79 Å². The van der Waals surface area contributed by atoms with E-state index in [0.717, 1.165) is 6.42 Å². The van der Waals surface area contributed by atoms with Gasteiger partial charge in [0.2, 0.25) is 0 Å². The number of thiophene rings is 1. The average molecular weight is 298 g/mol. The summed E-state index contributed by atoms with van der Waals surface area (Å²) < 4.78 is 5.33. The average Bonchev–Trinajstić information content (AvgIpc) is 2.91. The van der Waals surface area contributed by atoms with Crippen LogP contribution in [0.5, 0.6) is 0 Å². The van der Waals surface area contributed by atoms with Gasteiger partial charge in [0.15, 0.2) is 0 Å². The van der Waals surface area contributed by atoms with Gasteiger partial charge in [-0.2, -0.15) is 0 Å². The van der Waals surface area contributed by atoms with Crippen molar-refractivity contribution < 1.29 is 19.4 Å². The molecule has 1 aromatic heterocycles. The van der Waals surface area contributed by atoms with Gasteiger partial charge >= 0.3 is 12.0 Å². The molecule has 110 valence electrons. The van der Waals surface area contributed by atoms with Crippen LogP contribution in [0.1, 0.15) is 11.3 Å². The van der Waals surface area contributed by atoms with Crippen molar-refractivity contribution in [3.8, 4) is 0 Å². The van der Waals surface area contributed by atoms with E-state index in [0.29, 0.717) is 26.2 Å². The van der Waals surface area contributed by atoms with Crippen LogP contribution in [0, 0.1) is 0 Å². The largest absolute Gasteiger partial charge is 0.481 e. The zero-order chi connectivity index (χ0) is 14.4. The van der Waals surface area contributed by atoms with E-state index < -0.39 is 12.1 Å². The number of nitrogens with zero attached hydrogens (tertiary/aromatic N) is 1. The molecule has 2 heterocycles. The first kappa shape index (κ1) is 14.8. The van der Waals surface area contributed by atoms with Crippen LogP contribution < -0.4 is 5.32 Å². The van der Waals surface area contributed by atoms with Crippen LogP contribution in [0.15, 0.2) is 17.5 Å².